The fraction of sp³-hybridized carbons (Fsp3) is 0.556. The summed E-state index contributed by atoms with van der Waals surface area (Å²) < 4.78 is 0. The summed E-state index contributed by atoms with van der Waals surface area (Å²) in [5.74, 6) is -0.434. The van der Waals surface area contributed by atoms with Crippen LogP contribution < -0.4 is 0 Å². The first-order valence-corrected chi connectivity index (χ1v) is 4.29. The lowest BCUT2D eigenvalue weighted by Gasteiger charge is -2.30. The first-order valence-electron chi connectivity index (χ1n) is 4.29. The fourth-order valence-electron chi connectivity index (χ4n) is 1.48. The summed E-state index contributed by atoms with van der Waals surface area (Å²) in [7, 11) is 3.71. The first-order chi connectivity index (χ1) is 6.07. The van der Waals surface area contributed by atoms with Crippen LogP contribution in [0.5, 0.6) is 0 Å². The predicted octanol–water partition coefficient (Wildman–Crippen LogP) is 0.209. The van der Waals surface area contributed by atoms with E-state index < -0.39 is 0 Å². The molecule has 0 bridgehead atoms. The molecule has 0 aromatic heterocycles. The summed E-state index contributed by atoms with van der Waals surface area (Å²) >= 11 is 0. The Kier molecular flexibility index (Phi) is 2.83. The van der Waals surface area contributed by atoms with Crippen LogP contribution in [0.2, 0.25) is 0 Å². The highest BCUT2D eigenvalue weighted by atomic mass is 16.2. The van der Waals surface area contributed by atoms with E-state index in [1.54, 1.807) is 0 Å². The zero-order valence-electron chi connectivity index (χ0n) is 8.15. The van der Waals surface area contributed by atoms with Crippen molar-refractivity contribution >= 4 is 11.8 Å². The molecule has 0 aromatic rings. The Morgan fingerprint density at radius 1 is 1.31 bits per heavy atom. The second-order valence-corrected chi connectivity index (χ2v) is 3.23. The summed E-state index contributed by atoms with van der Waals surface area (Å²) in [5, 5.41) is 0. The molecule has 13 heavy (non-hydrogen) atoms. The Hall–Kier alpha value is -1.16. The Bertz CT molecular complexity index is 240. The third-order valence-electron chi connectivity index (χ3n) is 2.10. The maximum atomic E-state index is 11.3. The summed E-state index contributed by atoms with van der Waals surface area (Å²) in [5.41, 5.74) is 0. The molecule has 0 N–H and O–H groups in total. The van der Waals surface area contributed by atoms with Gasteiger partial charge in [0.2, 0.25) is 0 Å². The first kappa shape index (κ1) is 9.92. The predicted molar refractivity (Wildman–Crippen MR) is 48.8 cm³/mol. The normalized spacial score (nSPS) is 18.9. The molecule has 2 amide bonds. The molecular weight excluding hydrogens is 168 g/mol. The van der Waals surface area contributed by atoms with E-state index in [0.29, 0.717) is 0 Å². The second kappa shape index (κ2) is 3.70. The Labute approximate surface area is 77.8 Å². The number of carbonyl (C=O) groups is 2. The molecule has 1 atom stereocenters. The van der Waals surface area contributed by atoms with Gasteiger partial charge < -0.3 is 0 Å². The molecule has 72 valence electrons. The van der Waals surface area contributed by atoms with E-state index >= 15 is 0 Å². The molecule has 1 aliphatic heterocycles. The van der Waals surface area contributed by atoms with Gasteiger partial charge in [-0.25, -0.2) is 0 Å². The SMILES string of the molecule is CCC(N(C)C)N1C(=O)C=CC1=O. The molecular formula is C9H14N2O2. The summed E-state index contributed by atoms with van der Waals surface area (Å²) in [6, 6.07) is 0. The second-order valence-electron chi connectivity index (χ2n) is 3.23. The van der Waals surface area contributed by atoms with Crippen LogP contribution in [0.25, 0.3) is 0 Å². The molecule has 0 saturated carbocycles. The molecule has 0 fully saturated rings. The topological polar surface area (TPSA) is 40.6 Å². The summed E-state index contributed by atoms with van der Waals surface area (Å²) in [6.45, 7) is 1.95. The average Bonchev–Trinajstić information content (AvgIpc) is 2.36. The van der Waals surface area contributed by atoms with Crippen LogP contribution in [-0.4, -0.2) is 41.9 Å². The van der Waals surface area contributed by atoms with Crippen molar-refractivity contribution in [2.75, 3.05) is 14.1 Å². The molecule has 4 heteroatoms. The molecule has 0 spiro atoms. The minimum Gasteiger partial charge on any atom is -0.289 e. The minimum atomic E-state index is -0.217. The van der Waals surface area contributed by atoms with Gasteiger partial charge in [0.05, 0.1) is 6.17 Å². The van der Waals surface area contributed by atoms with Gasteiger partial charge in [-0.15, -0.1) is 0 Å². The van der Waals surface area contributed by atoms with Gasteiger partial charge in [-0.1, -0.05) is 6.92 Å². The fourth-order valence-corrected chi connectivity index (χ4v) is 1.48. The Morgan fingerprint density at radius 2 is 1.77 bits per heavy atom. The number of carbonyl (C=O) groups excluding carboxylic acids is 2. The van der Waals surface area contributed by atoms with E-state index in [-0.39, 0.29) is 18.0 Å². The van der Waals surface area contributed by atoms with Gasteiger partial charge in [-0.05, 0) is 20.5 Å². The van der Waals surface area contributed by atoms with E-state index in [2.05, 4.69) is 0 Å². The van der Waals surface area contributed by atoms with Crippen molar-refractivity contribution in [3.05, 3.63) is 12.2 Å². The maximum Gasteiger partial charge on any atom is 0.254 e. The molecule has 1 aliphatic rings. The lowest BCUT2D eigenvalue weighted by molar-refractivity contribution is -0.143. The summed E-state index contributed by atoms with van der Waals surface area (Å²) in [4.78, 5) is 25.7. The van der Waals surface area contributed by atoms with Crippen molar-refractivity contribution in [3.63, 3.8) is 0 Å². The van der Waals surface area contributed by atoms with Crippen LogP contribution in [0.15, 0.2) is 12.2 Å². The van der Waals surface area contributed by atoms with E-state index in [1.165, 1.54) is 17.1 Å². The Morgan fingerprint density at radius 3 is 2.08 bits per heavy atom. The number of amides is 2. The van der Waals surface area contributed by atoms with Gasteiger partial charge in [0.1, 0.15) is 0 Å². The van der Waals surface area contributed by atoms with Crippen molar-refractivity contribution in [1.82, 2.24) is 9.80 Å². The molecule has 4 nitrogen and oxygen atoms in total. The van der Waals surface area contributed by atoms with E-state index in [9.17, 15) is 9.59 Å². The third-order valence-corrected chi connectivity index (χ3v) is 2.10. The van der Waals surface area contributed by atoms with Crippen LogP contribution in [0.3, 0.4) is 0 Å². The van der Waals surface area contributed by atoms with Gasteiger partial charge in [0.25, 0.3) is 11.8 Å². The maximum absolute atomic E-state index is 11.3. The van der Waals surface area contributed by atoms with Crippen LogP contribution in [-0.2, 0) is 9.59 Å². The number of nitrogens with zero attached hydrogens (tertiary/aromatic N) is 2. The van der Waals surface area contributed by atoms with Gasteiger partial charge in [-0.3, -0.25) is 19.4 Å². The molecule has 0 aliphatic carbocycles. The molecule has 0 radical (unpaired) electrons. The number of hydrogen-bond donors (Lipinski definition) is 0. The Balaban J connectivity index is 2.81. The van der Waals surface area contributed by atoms with Crippen molar-refractivity contribution in [2.24, 2.45) is 0 Å². The van der Waals surface area contributed by atoms with Crippen molar-refractivity contribution in [3.8, 4) is 0 Å². The third kappa shape index (κ3) is 1.78. The van der Waals surface area contributed by atoms with Gasteiger partial charge in [0.15, 0.2) is 0 Å². The lowest BCUT2D eigenvalue weighted by atomic mass is 10.3. The molecule has 1 unspecified atom stereocenters. The average molecular weight is 182 g/mol. The monoisotopic (exact) mass is 182 g/mol. The number of rotatable bonds is 3. The van der Waals surface area contributed by atoms with Crippen molar-refractivity contribution in [1.29, 1.82) is 0 Å². The highest BCUT2D eigenvalue weighted by molar-refractivity contribution is 6.13. The highest BCUT2D eigenvalue weighted by Crippen LogP contribution is 2.13. The number of imide groups is 1. The minimum absolute atomic E-state index is 0.130. The van der Waals surface area contributed by atoms with Gasteiger partial charge in [0, 0.05) is 12.2 Å². The zero-order valence-corrected chi connectivity index (χ0v) is 8.15. The highest BCUT2D eigenvalue weighted by Gasteiger charge is 2.30. The zero-order chi connectivity index (χ0) is 10.0. The summed E-state index contributed by atoms with van der Waals surface area (Å²) in [6.07, 6.45) is 3.24. The van der Waals surface area contributed by atoms with Gasteiger partial charge in [-0.2, -0.15) is 0 Å². The van der Waals surface area contributed by atoms with Crippen LogP contribution in [0, 0.1) is 0 Å². The van der Waals surface area contributed by atoms with Gasteiger partial charge >= 0.3 is 0 Å². The van der Waals surface area contributed by atoms with Crippen LogP contribution >= 0.6 is 0 Å². The molecule has 0 aromatic carbocycles. The standard InChI is InChI=1S/C9H14N2O2/c1-4-7(10(2)3)11-8(12)5-6-9(11)13/h5-7H,4H2,1-3H3. The molecule has 0 saturated heterocycles. The van der Waals surface area contributed by atoms with E-state index in [0.717, 1.165) is 6.42 Å². The molecule has 1 rings (SSSR count). The number of hydrogen-bond acceptors (Lipinski definition) is 3. The van der Waals surface area contributed by atoms with E-state index in [4.69, 9.17) is 0 Å². The largest absolute Gasteiger partial charge is 0.289 e. The van der Waals surface area contributed by atoms with Crippen molar-refractivity contribution in [2.45, 2.75) is 19.5 Å². The van der Waals surface area contributed by atoms with E-state index in [1.807, 2.05) is 25.9 Å². The smallest absolute Gasteiger partial charge is 0.254 e. The van der Waals surface area contributed by atoms with Crippen LogP contribution in [0.1, 0.15) is 13.3 Å². The van der Waals surface area contributed by atoms with Crippen molar-refractivity contribution < 1.29 is 9.59 Å². The lowest BCUT2D eigenvalue weighted by Crippen LogP contribution is -2.47. The molecule has 1 heterocycles. The van der Waals surface area contributed by atoms with Crippen LogP contribution in [0.4, 0.5) is 0 Å². The quantitative estimate of drug-likeness (QED) is 0.586.